The molecule has 0 aromatic heterocycles. The van der Waals surface area contributed by atoms with Crippen LogP contribution in [0.3, 0.4) is 0 Å². The van der Waals surface area contributed by atoms with Crippen LogP contribution in [0.25, 0.3) is 0 Å². The Morgan fingerprint density at radius 3 is 2.25 bits per heavy atom. The van der Waals surface area contributed by atoms with Crippen molar-refractivity contribution in [3.05, 3.63) is 29.8 Å². The average molecular weight is 241 g/mol. The van der Waals surface area contributed by atoms with Crippen LogP contribution in [0.15, 0.2) is 29.2 Å². The molecule has 4 nitrogen and oxygen atoms in total. The van der Waals surface area contributed by atoms with Crippen LogP contribution in [0.2, 0.25) is 0 Å². The van der Waals surface area contributed by atoms with Crippen molar-refractivity contribution in [3.63, 3.8) is 0 Å². The first kappa shape index (κ1) is 12.7. The van der Waals surface area contributed by atoms with Gasteiger partial charge in [-0.3, -0.25) is 4.79 Å². The second kappa shape index (κ2) is 5.12. The predicted molar refractivity (Wildman–Crippen MR) is 61.9 cm³/mol. The lowest BCUT2D eigenvalue weighted by Crippen LogP contribution is -2.19. The Morgan fingerprint density at radius 1 is 1.25 bits per heavy atom. The van der Waals surface area contributed by atoms with E-state index in [4.69, 9.17) is 0 Å². The highest BCUT2D eigenvalue weighted by Gasteiger charge is 2.11. The van der Waals surface area contributed by atoms with Crippen molar-refractivity contribution in [1.29, 1.82) is 0 Å². The molecule has 1 N–H and O–H groups in total. The molecule has 0 atom stereocenters. The van der Waals surface area contributed by atoms with E-state index >= 15 is 0 Å². The van der Waals surface area contributed by atoms with E-state index in [1.54, 1.807) is 26.1 Å². The van der Waals surface area contributed by atoms with Gasteiger partial charge in [0.2, 0.25) is 5.91 Å². The number of likely N-dealkylation sites (N-methyl/N-ethyl adjacent to an activating group) is 1. The zero-order chi connectivity index (χ0) is 12.2. The largest absolute Gasteiger partial charge is 0.359 e. The van der Waals surface area contributed by atoms with E-state index in [0.29, 0.717) is 4.90 Å². The molecule has 0 bridgehead atoms. The molecule has 1 rings (SSSR count). The average Bonchev–Trinajstić information content (AvgIpc) is 2.29. The summed E-state index contributed by atoms with van der Waals surface area (Å²) in [6.45, 7) is 1.60. The van der Waals surface area contributed by atoms with Crippen LogP contribution >= 0.6 is 0 Å². The molecular formula is C11H15NO3S. The zero-order valence-corrected chi connectivity index (χ0v) is 10.2. The fourth-order valence-corrected chi connectivity index (χ4v) is 2.14. The molecule has 0 saturated heterocycles. The van der Waals surface area contributed by atoms with Crippen molar-refractivity contribution in [2.75, 3.05) is 12.8 Å². The van der Waals surface area contributed by atoms with Gasteiger partial charge >= 0.3 is 0 Å². The molecule has 1 amide bonds. The summed E-state index contributed by atoms with van der Waals surface area (Å²) in [5.41, 5.74) is 0.800. The van der Waals surface area contributed by atoms with Crippen molar-refractivity contribution < 1.29 is 13.2 Å². The molecule has 0 aliphatic carbocycles. The molecule has 16 heavy (non-hydrogen) atoms. The van der Waals surface area contributed by atoms with Crippen LogP contribution in [-0.4, -0.2) is 27.1 Å². The minimum Gasteiger partial charge on any atom is -0.359 e. The van der Waals surface area contributed by atoms with Gasteiger partial charge in [-0.1, -0.05) is 19.1 Å². The fraction of sp³-hybridized carbons (Fsp3) is 0.364. The SMILES string of the molecule is CCS(=O)(=O)c1ccc(CC(=O)NC)cc1. The van der Waals surface area contributed by atoms with Crippen molar-refractivity contribution in [1.82, 2.24) is 5.32 Å². The minimum absolute atomic E-state index is 0.0851. The number of hydrogen-bond acceptors (Lipinski definition) is 3. The maximum atomic E-state index is 11.5. The number of sulfone groups is 1. The molecule has 0 unspecified atom stereocenters. The van der Waals surface area contributed by atoms with E-state index in [1.807, 2.05) is 0 Å². The molecule has 0 radical (unpaired) electrons. The highest BCUT2D eigenvalue weighted by atomic mass is 32.2. The zero-order valence-electron chi connectivity index (χ0n) is 9.36. The first-order valence-electron chi connectivity index (χ1n) is 5.02. The van der Waals surface area contributed by atoms with E-state index in [1.165, 1.54) is 12.1 Å². The second-order valence-electron chi connectivity index (χ2n) is 3.40. The number of carbonyl (C=O) groups is 1. The Morgan fingerprint density at radius 2 is 1.81 bits per heavy atom. The molecule has 1 aromatic carbocycles. The number of benzene rings is 1. The molecule has 0 aliphatic heterocycles. The molecule has 0 heterocycles. The van der Waals surface area contributed by atoms with Crippen molar-refractivity contribution >= 4 is 15.7 Å². The number of hydrogen-bond donors (Lipinski definition) is 1. The number of rotatable bonds is 4. The Balaban J connectivity index is 2.88. The van der Waals surface area contributed by atoms with Crippen LogP contribution in [0.4, 0.5) is 0 Å². The van der Waals surface area contributed by atoms with Crippen LogP contribution < -0.4 is 5.32 Å². The van der Waals surface area contributed by atoms with E-state index < -0.39 is 9.84 Å². The van der Waals surface area contributed by atoms with Gasteiger partial charge in [-0.25, -0.2) is 8.42 Å². The standard InChI is InChI=1S/C11H15NO3S/c1-3-16(14,15)10-6-4-9(5-7-10)8-11(13)12-2/h4-7H,3,8H2,1-2H3,(H,12,13). The summed E-state index contributed by atoms with van der Waals surface area (Å²) in [4.78, 5) is 11.4. The third kappa shape index (κ3) is 3.06. The van der Waals surface area contributed by atoms with Gasteiger partial charge in [0.1, 0.15) is 0 Å². The predicted octanol–water partition coefficient (Wildman–Crippen LogP) is 0.769. The summed E-state index contributed by atoms with van der Waals surface area (Å²) in [7, 11) is -1.58. The summed E-state index contributed by atoms with van der Waals surface area (Å²) in [6, 6.07) is 6.41. The van der Waals surface area contributed by atoms with E-state index in [2.05, 4.69) is 5.32 Å². The molecule has 88 valence electrons. The highest BCUT2D eigenvalue weighted by Crippen LogP contribution is 2.12. The number of carbonyl (C=O) groups excluding carboxylic acids is 1. The smallest absolute Gasteiger partial charge is 0.224 e. The van der Waals surface area contributed by atoms with Gasteiger partial charge in [0.05, 0.1) is 17.1 Å². The van der Waals surface area contributed by atoms with E-state index in [0.717, 1.165) is 5.56 Å². The number of nitrogens with one attached hydrogen (secondary N) is 1. The first-order valence-corrected chi connectivity index (χ1v) is 6.67. The molecular weight excluding hydrogens is 226 g/mol. The minimum atomic E-state index is -3.15. The Labute approximate surface area is 95.6 Å². The Kier molecular flexibility index (Phi) is 4.06. The first-order chi connectivity index (χ1) is 7.49. The molecule has 0 saturated carbocycles. The fourth-order valence-electron chi connectivity index (χ4n) is 1.26. The maximum Gasteiger partial charge on any atom is 0.224 e. The molecule has 0 spiro atoms. The quantitative estimate of drug-likeness (QED) is 0.846. The molecule has 0 fully saturated rings. The normalized spacial score (nSPS) is 11.1. The van der Waals surface area contributed by atoms with Gasteiger partial charge in [-0.2, -0.15) is 0 Å². The molecule has 1 aromatic rings. The van der Waals surface area contributed by atoms with Crippen molar-refractivity contribution in [2.45, 2.75) is 18.2 Å². The summed E-state index contributed by atoms with van der Waals surface area (Å²) in [5, 5.41) is 2.51. The third-order valence-corrected chi connectivity index (χ3v) is 4.06. The monoisotopic (exact) mass is 241 g/mol. The summed E-state index contributed by atoms with van der Waals surface area (Å²) < 4.78 is 23.0. The topological polar surface area (TPSA) is 63.2 Å². The molecule has 5 heteroatoms. The van der Waals surface area contributed by atoms with Gasteiger partial charge in [0.25, 0.3) is 0 Å². The van der Waals surface area contributed by atoms with Crippen LogP contribution in [0.1, 0.15) is 12.5 Å². The van der Waals surface area contributed by atoms with Gasteiger partial charge < -0.3 is 5.32 Å². The van der Waals surface area contributed by atoms with Crippen LogP contribution in [0.5, 0.6) is 0 Å². The van der Waals surface area contributed by atoms with Crippen molar-refractivity contribution in [2.24, 2.45) is 0 Å². The highest BCUT2D eigenvalue weighted by molar-refractivity contribution is 7.91. The summed E-state index contributed by atoms with van der Waals surface area (Å²) in [5.74, 6) is -0.00646. The van der Waals surface area contributed by atoms with Crippen molar-refractivity contribution in [3.8, 4) is 0 Å². The van der Waals surface area contributed by atoms with Gasteiger partial charge in [-0.15, -0.1) is 0 Å². The van der Waals surface area contributed by atoms with Crippen LogP contribution in [0, 0.1) is 0 Å². The van der Waals surface area contributed by atoms with Gasteiger partial charge in [0.15, 0.2) is 9.84 Å². The third-order valence-electron chi connectivity index (χ3n) is 2.31. The van der Waals surface area contributed by atoms with Gasteiger partial charge in [0, 0.05) is 7.05 Å². The number of amides is 1. The Bertz CT molecular complexity index is 463. The lowest BCUT2D eigenvalue weighted by atomic mass is 10.1. The summed E-state index contributed by atoms with van der Waals surface area (Å²) >= 11 is 0. The van der Waals surface area contributed by atoms with Crippen LogP contribution in [-0.2, 0) is 21.1 Å². The second-order valence-corrected chi connectivity index (χ2v) is 5.68. The lowest BCUT2D eigenvalue weighted by molar-refractivity contribution is -0.119. The lowest BCUT2D eigenvalue weighted by Gasteiger charge is -2.03. The summed E-state index contributed by atoms with van der Waals surface area (Å²) in [6.07, 6.45) is 0.267. The van der Waals surface area contributed by atoms with E-state index in [-0.39, 0.29) is 18.1 Å². The van der Waals surface area contributed by atoms with E-state index in [9.17, 15) is 13.2 Å². The maximum absolute atomic E-state index is 11.5. The van der Waals surface area contributed by atoms with Gasteiger partial charge in [-0.05, 0) is 17.7 Å². The molecule has 0 aliphatic rings. The Hall–Kier alpha value is -1.36.